The number of nitrogens with zero attached hydrogens (tertiary/aromatic N) is 7. The van der Waals surface area contributed by atoms with Gasteiger partial charge in [0.1, 0.15) is 17.2 Å². The standard InChI is InChI=1S/C37H43N9O3/c1-43(2)35(49)30-20-26-23-40-36(42-32(26)46(30)27-5-3-4-6-27)41-31-10-7-24(21-38-31)34(48)45-17-13-37(14-18-45)11-15-44(16-12-37)28-8-9-29-25(19-28)22-39-33(29)47/h7-10,19-21,23,27H,3-6,11-18,22H2,1-2H3,(H,39,47)(H,38,40,41,42). The van der Waals surface area contributed by atoms with E-state index in [1.54, 1.807) is 37.5 Å². The van der Waals surface area contributed by atoms with E-state index in [0.29, 0.717) is 29.6 Å². The Morgan fingerprint density at radius 3 is 2.41 bits per heavy atom. The van der Waals surface area contributed by atoms with Crippen LogP contribution < -0.4 is 15.5 Å². The Morgan fingerprint density at radius 2 is 1.69 bits per heavy atom. The highest BCUT2D eigenvalue weighted by molar-refractivity contribution is 5.99. The van der Waals surface area contributed by atoms with E-state index in [-0.39, 0.29) is 29.2 Å². The second kappa shape index (κ2) is 12.5. The molecule has 254 valence electrons. The summed E-state index contributed by atoms with van der Waals surface area (Å²) < 4.78 is 2.09. The first kappa shape index (κ1) is 31.3. The van der Waals surface area contributed by atoms with Crippen molar-refractivity contribution in [3.05, 3.63) is 71.2 Å². The van der Waals surface area contributed by atoms with Crippen LogP contribution in [-0.4, -0.2) is 87.3 Å². The molecule has 12 nitrogen and oxygen atoms in total. The van der Waals surface area contributed by atoms with Crippen LogP contribution in [0.3, 0.4) is 0 Å². The summed E-state index contributed by atoms with van der Waals surface area (Å²) in [5.74, 6) is 0.940. The molecular weight excluding hydrogens is 618 g/mol. The summed E-state index contributed by atoms with van der Waals surface area (Å²) in [6.07, 6.45) is 11.9. The van der Waals surface area contributed by atoms with Gasteiger partial charge >= 0.3 is 0 Å². The summed E-state index contributed by atoms with van der Waals surface area (Å²) in [4.78, 5) is 58.3. The number of hydrogen-bond acceptors (Lipinski definition) is 8. The van der Waals surface area contributed by atoms with Gasteiger partial charge in [-0.2, -0.15) is 4.98 Å². The van der Waals surface area contributed by atoms with E-state index in [1.165, 1.54) is 5.69 Å². The highest BCUT2D eigenvalue weighted by atomic mass is 16.2. The smallest absolute Gasteiger partial charge is 0.270 e. The minimum atomic E-state index is -0.0420. The van der Waals surface area contributed by atoms with E-state index in [4.69, 9.17) is 4.98 Å². The SMILES string of the molecule is CN(C)C(=O)c1cc2cnc(Nc3ccc(C(=O)N4CCC5(CC4)CCN(c4ccc6c(c4)CNC6=O)CC5)cn3)nc2n1C1CCCC1. The number of fused-ring (bicyclic) bond motifs is 2. The van der Waals surface area contributed by atoms with Crippen molar-refractivity contribution in [1.29, 1.82) is 0 Å². The first-order valence-electron chi connectivity index (χ1n) is 17.6. The van der Waals surface area contributed by atoms with Gasteiger partial charge in [0.25, 0.3) is 17.7 Å². The van der Waals surface area contributed by atoms with Gasteiger partial charge < -0.3 is 29.9 Å². The number of rotatable bonds is 6. The minimum Gasteiger partial charge on any atom is -0.371 e. The predicted octanol–water partition coefficient (Wildman–Crippen LogP) is 5.15. The third kappa shape index (κ3) is 5.87. The van der Waals surface area contributed by atoms with Crippen LogP contribution in [0.1, 0.15) is 94.2 Å². The quantitative estimate of drug-likeness (QED) is 0.290. The molecule has 3 fully saturated rings. The van der Waals surface area contributed by atoms with Crippen LogP contribution in [0.15, 0.2) is 48.8 Å². The lowest BCUT2D eigenvalue weighted by Gasteiger charge is -2.47. The molecule has 1 spiro atoms. The second-order valence-electron chi connectivity index (χ2n) is 14.4. The van der Waals surface area contributed by atoms with Crippen molar-refractivity contribution in [2.45, 2.75) is 64.0 Å². The first-order valence-corrected chi connectivity index (χ1v) is 17.6. The molecule has 6 heterocycles. The van der Waals surface area contributed by atoms with E-state index >= 15 is 0 Å². The average molecular weight is 662 g/mol. The Kier molecular flexibility index (Phi) is 7.96. The lowest BCUT2D eigenvalue weighted by Crippen LogP contribution is -2.48. The van der Waals surface area contributed by atoms with Crippen LogP contribution in [0.25, 0.3) is 11.0 Å². The third-order valence-corrected chi connectivity index (χ3v) is 11.2. The zero-order chi connectivity index (χ0) is 33.7. The molecule has 8 rings (SSSR count). The molecule has 0 atom stereocenters. The molecule has 0 bridgehead atoms. The van der Waals surface area contributed by atoms with Gasteiger partial charge in [0.2, 0.25) is 5.95 Å². The molecule has 49 heavy (non-hydrogen) atoms. The molecule has 4 aliphatic rings. The van der Waals surface area contributed by atoms with Crippen LogP contribution in [0.4, 0.5) is 17.5 Å². The number of likely N-dealkylation sites (tertiary alicyclic amines) is 1. The Hall–Kier alpha value is -5.00. The molecule has 1 aromatic carbocycles. The molecule has 0 radical (unpaired) electrons. The number of nitrogens with one attached hydrogen (secondary N) is 2. The largest absolute Gasteiger partial charge is 0.371 e. The lowest BCUT2D eigenvalue weighted by atomic mass is 9.71. The zero-order valence-electron chi connectivity index (χ0n) is 28.2. The van der Waals surface area contributed by atoms with Crippen molar-refractivity contribution in [2.24, 2.45) is 5.41 Å². The summed E-state index contributed by atoms with van der Waals surface area (Å²) in [5, 5.41) is 6.94. The summed E-state index contributed by atoms with van der Waals surface area (Å²) in [6.45, 7) is 4.09. The van der Waals surface area contributed by atoms with Crippen molar-refractivity contribution < 1.29 is 14.4 Å². The fraction of sp³-hybridized carbons (Fsp3) is 0.459. The molecule has 3 amide bonds. The molecule has 2 N–H and O–H groups in total. The van der Waals surface area contributed by atoms with Crippen LogP contribution in [0.2, 0.25) is 0 Å². The summed E-state index contributed by atoms with van der Waals surface area (Å²) in [6, 6.07) is 11.9. The van der Waals surface area contributed by atoms with Gasteiger partial charge in [-0.15, -0.1) is 0 Å². The Morgan fingerprint density at radius 1 is 0.939 bits per heavy atom. The number of amides is 3. The van der Waals surface area contributed by atoms with E-state index in [0.717, 1.165) is 99.7 Å². The number of benzene rings is 1. The molecule has 12 heteroatoms. The van der Waals surface area contributed by atoms with Crippen molar-refractivity contribution in [3.63, 3.8) is 0 Å². The Labute approximate surface area is 285 Å². The van der Waals surface area contributed by atoms with Crippen molar-refractivity contribution >= 4 is 46.2 Å². The molecule has 0 unspecified atom stereocenters. The van der Waals surface area contributed by atoms with E-state index in [1.807, 2.05) is 23.1 Å². The highest BCUT2D eigenvalue weighted by Gasteiger charge is 2.39. The van der Waals surface area contributed by atoms with Gasteiger partial charge in [0, 0.05) is 81.9 Å². The van der Waals surface area contributed by atoms with Gasteiger partial charge in [-0.3, -0.25) is 14.4 Å². The van der Waals surface area contributed by atoms with Crippen molar-refractivity contribution in [3.8, 4) is 0 Å². The zero-order valence-corrected chi connectivity index (χ0v) is 28.2. The number of piperidine rings is 2. The second-order valence-corrected chi connectivity index (χ2v) is 14.4. The van der Waals surface area contributed by atoms with Crippen molar-refractivity contribution in [2.75, 3.05) is 50.5 Å². The summed E-state index contributed by atoms with van der Waals surface area (Å²) >= 11 is 0. The number of carbonyl (C=O) groups excluding carboxylic acids is 3. The van der Waals surface area contributed by atoms with E-state index in [9.17, 15) is 14.4 Å². The lowest BCUT2D eigenvalue weighted by molar-refractivity contribution is 0.0514. The molecular formula is C37H43N9O3. The summed E-state index contributed by atoms with van der Waals surface area (Å²) in [5.41, 5.74) is 5.29. The molecule has 3 aliphatic heterocycles. The number of pyridine rings is 1. The van der Waals surface area contributed by atoms with E-state index in [2.05, 4.69) is 42.2 Å². The van der Waals surface area contributed by atoms with Crippen LogP contribution in [0, 0.1) is 5.41 Å². The fourth-order valence-electron chi connectivity index (χ4n) is 8.22. The van der Waals surface area contributed by atoms with Gasteiger partial charge in [-0.1, -0.05) is 12.8 Å². The van der Waals surface area contributed by atoms with Crippen LogP contribution >= 0.6 is 0 Å². The molecule has 1 aliphatic carbocycles. The summed E-state index contributed by atoms with van der Waals surface area (Å²) in [7, 11) is 3.54. The average Bonchev–Trinajstić information content (AvgIpc) is 3.87. The Bertz CT molecular complexity index is 1910. The fourth-order valence-corrected chi connectivity index (χ4v) is 8.22. The minimum absolute atomic E-state index is 0.0118. The van der Waals surface area contributed by atoms with Crippen LogP contribution in [0.5, 0.6) is 0 Å². The van der Waals surface area contributed by atoms with Gasteiger partial charge in [0.05, 0.1) is 5.56 Å². The first-order chi connectivity index (χ1) is 23.8. The van der Waals surface area contributed by atoms with Crippen molar-refractivity contribution in [1.82, 2.24) is 34.6 Å². The number of hydrogen-bond donors (Lipinski definition) is 2. The number of anilines is 3. The Balaban J connectivity index is 0.889. The molecule has 4 aromatic rings. The maximum absolute atomic E-state index is 13.5. The maximum Gasteiger partial charge on any atom is 0.270 e. The molecule has 2 saturated heterocycles. The number of carbonyl (C=O) groups is 3. The van der Waals surface area contributed by atoms with Gasteiger partial charge in [-0.05, 0) is 85.9 Å². The van der Waals surface area contributed by atoms with Gasteiger partial charge in [-0.25, -0.2) is 9.97 Å². The maximum atomic E-state index is 13.5. The predicted molar refractivity (Wildman–Crippen MR) is 187 cm³/mol. The number of aromatic nitrogens is 4. The third-order valence-electron chi connectivity index (χ3n) is 11.2. The monoisotopic (exact) mass is 661 g/mol. The topological polar surface area (TPSA) is 129 Å². The molecule has 3 aromatic heterocycles. The van der Waals surface area contributed by atoms with Crippen LogP contribution in [-0.2, 0) is 6.54 Å². The normalized spacial score (nSPS) is 18.9. The van der Waals surface area contributed by atoms with Gasteiger partial charge in [0.15, 0.2) is 0 Å². The molecule has 1 saturated carbocycles. The highest BCUT2D eigenvalue weighted by Crippen LogP contribution is 2.43. The van der Waals surface area contributed by atoms with E-state index < -0.39 is 0 Å².